The zero-order chi connectivity index (χ0) is 23.6. The quantitative estimate of drug-likeness (QED) is 0.0825. The van der Waals surface area contributed by atoms with Gasteiger partial charge in [0.15, 0.2) is 5.75 Å². The highest BCUT2D eigenvalue weighted by Crippen LogP contribution is 2.48. The fourth-order valence-electron chi connectivity index (χ4n) is 4.03. The van der Waals surface area contributed by atoms with Crippen LogP contribution in [0.3, 0.4) is 0 Å². The second-order valence-electron chi connectivity index (χ2n) is 8.99. The van der Waals surface area contributed by atoms with Gasteiger partial charge in [-0.3, -0.25) is 4.57 Å². The second kappa shape index (κ2) is 17.1. The maximum Gasteiger partial charge on any atom is 0.368 e. The molecule has 0 fully saturated rings. The van der Waals surface area contributed by atoms with Gasteiger partial charge in [-0.2, -0.15) is 0 Å². The van der Waals surface area contributed by atoms with Crippen LogP contribution in [0.2, 0.25) is 0 Å². The molecule has 0 saturated heterocycles. The Morgan fingerprint density at radius 1 is 0.667 bits per heavy atom. The first-order valence-corrected chi connectivity index (χ1v) is 15.0. The van der Waals surface area contributed by atoms with Crippen molar-refractivity contribution in [1.29, 1.82) is 0 Å². The highest BCUT2D eigenvalue weighted by Gasteiger charge is 2.24. The Morgan fingerprint density at radius 2 is 1.21 bits per heavy atom. The molecule has 0 amide bonds. The van der Waals surface area contributed by atoms with Crippen LogP contribution >= 0.6 is 7.60 Å². The van der Waals surface area contributed by atoms with E-state index in [1.807, 2.05) is 42.5 Å². The smallest absolute Gasteiger partial charge is 0.328 e. The zero-order valence-corrected chi connectivity index (χ0v) is 21.8. The largest absolute Gasteiger partial charge is 0.368 e. The second-order valence-corrected chi connectivity index (χ2v) is 11.3. The summed E-state index contributed by atoms with van der Waals surface area (Å²) < 4.78 is 23.8. The van der Waals surface area contributed by atoms with E-state index in [0.29, 0.717) is 12.4 Å². The summed E-state index contributed by atoms with van der Waals surface area (Å²) in [5, 5.41) is 1.97. The Bertz CT molecular complexity index is 802. The summed E-state index contributed by atoms with van der Waals surface area (Å²) in [7, 11) is -3.25. The summed E-state index contributed by atoms with van der Waals surface area (Å²) in [4.78, 5) is 5.46. The van der Waals surface area contributed by atoms with Crippen molar-refractivity contribution in [2.24, 2.45) is 0 Å². The van der Waals surface area contributed by atoms with Gasteiger partial charge in [0.2, 0.25) is 0 Å². The molecule has 1 atom stereocenters. The number of fused-ring (bicyclic) bond motifs is 1. The normalized spacial score (nSPS) is 13.3. The Hall–Kier alpha value is -1.35. The predicted octanol–water partition coefficient (Wildman–Crippen LogP) is 9.86. The van der Waals surface area contributed by atoms with E-state index in [1.54, 1.807) is 6.92 Å². The first-order chi connectivity index (χ1) is 16.2. The summed E-state index contributed by atoms with van der Waals surface area (Å²) in [5.41, 5.74) is 0. The van der Waals surface area contributed by atoms with E-state index in [4.69, 9.17) is 14.1 Å². The van der Waals surface area contributed by atoms with Gasteiger partial charge in [-0.1, -0.05) is 138 Å². The molecule has 1 unspecified atom stereocenters. The molecule has 0 heterocycles. The van der Waals surface area contributed by atoms with Gasteiger partial charge in [0, 0.05) is 5.39 Å². The van der Waals surface area contributed by atoms with Gasteiger partial charge >= 0.3 is 7.60 Å². The van der Waals surface area contributed by atoms with Gasteiger partial charge in [0.1, 0.15) is 0 Å². The summed E-state index contributed by atoms with van der Waals surface area (Å²) in [5.74, 6) is 0.557. The van der Waals surface area contributed by atoms with Gasteiger partial charge in [-0.15, -0.1) is 0 Å². The van der Waals surface area contributed by atoms with Crippen LogP contribution in [0, 0.1) is 0 Å². The average Bonchev–Trinajstić information content (AvgIpc) is 2.85. The molecule has 0 radical (unpaired) electrons. The van der Waals surface area contributed by atoms with Crippen LogP contribution in [-0.2, 0) is 13.8 Å². The summed E-state index contributed by atoms with van der Waals surface area (Å²) in [6.07, 6.45) is 18.6. The average molecular weight is 477 g/mol. The van der Waals surface area contributed by atoms with Crippen molar-refractivity contribution in [2.75, 3.05) is 12.8 Å². The number of hydrogen-bond acceptors (Lipinski definition) is 4. The van der Waals surface area contributed by atoms with Gasteiger partial charge in [-0.05, 0) is 17.9 Å². The van der Waals surface area contributed by atoms with Gasteiger partial charge in [0.05, 0.1) is 12.8 Å². The molecule has 4 nitrogen and oxygen atoms in total. The molecule has 2 rings (SSSR count). The minimum Gasteiger partial charge on any atom is -0.328 e. The SMILES string of the molecule is CCCCCCCCCCCCCCCCOP(=O)(CC)OOc1cccc2ccccc12. The highest BCUT2D eigenvalue weighted by molar-refractivity contribution is 7.53. The van der Waals surface area contributed by atoms with Crippen molar-refractivity contribution in [1.82, 2.24) is 0 Å². The van der Waals surface area contributed by atoms with Crippen molar-refractivity contribution in [2.45, 2.75) is 104 Å². The lowest BCUT2D eigenvalue weighted by Gasteiger charge is -2.16. The van der Waals surface area contributed by atoms with Crippen LogP contribution in [0.15, 0.2) is 42.5 Å². The molecule has 0 N–H and O–H groups in total. The van der Waals surface area contributed by atoms with E-state index >= 15 is 0 Å². The lowest BCUT2D eigenvalue weighted by atomic mass is 10.0. The van der Waals surface area contributed by atoms with Crippen molar-refractivity contribution in [3.8, 4) is 5.75 Å². The minimum absolute atomic E-state index is 0.288. The van der Waals surface area contributed by atoms with Gasteiger partial charge in [-0.25, -0.2) is 0 Å². The summed E-state index contributed by atoms with van der Waals surface area (Å²) >= 11 is 0. The van der Waals surface area contributed by atoms with Gasteiger partial charge in [0.25, 0.3) is 0 Å². The number of unbranched alkanes of at least 4 members (excludes halogenated alkanes) is 13. The lowest BCUT2D eigenvalue weighted by molar-refractivity contribution is -0.111. The van der Waals surface area contributed by atoms with Crippen molar-refractivity contribution >= 4 is 18.4 Å². The van der Waals surface area contributed by atoms with Crippen LogP contribution in [-0.4, -0.2) is 12.8 Å². The summed E-state index contributed by atoms with van der Waals surface area (Å²) in [6.45, 7) is 4.52. The Labute approximate surface area is 201 Å². The van der Waals surface area contributed by atoms with E-state index < -0.39 is 7.60 Å². The third kappa shape index (κ3) is 11.6. The van der Waals surface area contributed by atoms with Crippen LogP contribution in [0.4, 0.5) is 0 Å². The maximum absolute atomic E-state index is 12.9. The first-order valence-electron chi connectivity index (χ1n) is 13.3. The molecule has 2 aromatic rings. The topological polar surface area (TPSA) is 44.8 Å². The molecular formula is C28H45O4P. The van der Waals surface area contributed by atoms with Gasteiger partial charge < -0.3 is 9.41 Å². The first kappa shape index (κ1) is 27.9. The number of hydrogen-bond donors (Lipinski definition) is 0. The molecule has 0 bridgehead atoms. The molecule has 33 heavy (non-hydrogen) atoms. The van der Waals surface area contributed by atoms with Crippen molar-refractivity contribution in [3.05, 3.63) is 42.5 Å². The van der Waals surface area contributed by atoms with Crippen LogP contribution in [0.1, 0.15) is 104 Å². The predicted molar refractivity (Wildman–Crippen MR) is 140 cm³/mol. The highest BCUT2D eigenvalue weighted by atomic mass is 31.2. The summed E-state index contributed by atoms with van der Waals surface area (Å²) in [6, 6.07) is 13.6. The molecular weight excluding hydrogens is 431 g/mol. The Morgan fingerprint density at radius 3 is 1.82 bits per heavy atom. The van der Waals surface area contributed by atoms with Crippen LogP contribution < -0.4 is 4.89 Å². The number of rotatable bonds is 20. The third-order valence-electron chi connectivity index (χ3n) is 6.16. The van der Waals surface area contributed by atoms with Crippen LogP contribution in [0.25, 0.3) is 10.8 Å². The Kier molecular flexibility index (Phi) is 14.5. The van der Waals surface area contributed by atoms with E-state index in [9.17, 15) is 4.57 Å². The standard InChI is InChI=1S/C28H45O4P/c1-3-5-6-7-8-9-10-11-12-13-14-15-16-19-25-30-33(29,4-2)32-31-28-24-20-22-26-21-17-18-23-27(26)28/h17-18,20-24H,3-16,19,25H2,1-2H3. The molecule has 0 aliphatic heterocycles. The third-order valence-corrected chi connectivity index (χ3v) is 7.82. The monoisotopic (exact) mass is 476 g/mol. The molecule has 0 spiro atoms. The zero-order valence-electron chi connectivity index (χ0n) is 20.9. The minimum atomic E-state index is -3.25. The van der Waals surface area contributed by atoms with E-state index in [-0.39, 0.29) is 6.16 Å². The molecule has 2 aromatic carbocycles. The fourth-order valence-corrected chi connectivity index (χ4v) is 4.96. The number of benzene rings is 2. The van der Waals surface area contributed by atoms with E-state index in [2.05, 4.69) is 6.92 Å². The lowest BCUT2D eigenvalue weighted by Crippen LogP contribution is -2.03. The molecule has 0 aliphatic carbocycles. The van der Waals surface area contributed by atoms with Crippen molar-refractivity contribution in [3.63, 3.8) is 0 Å². The fraction of sp³-hybridized carbons (Fsp3) is 0.643. The van der Waals surface area contributed by atoms with Crippen LogP contribution in [0.5, 0.6) is 5.75 Å². The Balaban J connectivity index is 1.50. The molecule has 5 heteroatoms. The van der Waals surface area contributed by atoms with E-state index in [0.717, 1.165) is 23.6 Å². The van der Waals surface area contributed by atoms with Crippen molar-refractivity contribution < 1.29 is 18.7 Å². The molecule has 0 saturated carbocycles. The van der Waals surface area contributed by atoms with E-state index in [1.165, 1.54) is 77.0 Å². The molecule has 186 valence electrons. The molecule has 0 aliphatic rings. The maximum atomic E-state index is 12.9. The molecule has 0 aromatic heterocycles.